The maximum absolute atomic E-state index is 14.1. The molecule has 0 aliphatic carbocycles. The maximum atomic E-state index is 14.1. The van der Waals surface area contributed by atoms with Crippen molar-refractivity contribution in [3.05, 3.63) is 58.9 Å². The van der Waals surface area contributed by atoms with Crippen LogP contribution in [0.5, 0.6) is 11.5 Å². The summed E-state index contributed by atoms with van der Waals surface area (Å²) in [6.45, 7) is 4.58. The predicted molar refractivity (Wildman–Crippen MR) is 105 cm³/mol. The fraction of sp³-hybridized carbons (Fsp3) is 0.333. The minimum absolute atomic E-state index is 0.186. The standard InChI is InChI=1S/C21H23FN4O2/c1-3-24-21(25-13-17-6-4-15(12-23)10-18(17)22)26(2)14-16-5-7-19-20(11-16)28-9-8-27-19/h4-7,10-11H,3,8-9,13-14H2,1-2H3,(H,24,25). The normalized spacial score (nSPS) is 13.0. The van der Waals surface area contributed by atoms with E-state index in [-0.39, 0.29) is 6.54 Å². The molecule has 1 aliphatic heterocycles. The van der Waals surface area contributed by atoms with Crippen LogP contribution in [0.3, 0.4) is 0 Å². The Labute approximate surface area is 164 Å². The second-order valence-electron chi connectivity index (χ2n) is 6.42. The van der Waals surface area contributed by atoms with Gasteiger partial charge in [0.05, 0.1) is 18.2 Å². The molecule has 7 heteroatoms. The van der Waals surface area contributed by atoms with Gasteiger partial charge in [-0.15, -0.1) is 0 Å². The van der Waals surface area contributed by atoms with E-state index in [1.54, 1.807) is 12.1 Å². The van der Waals surface area contributed by atoms with Crippen LogP contribution < -0.4 is 14.8 Å². The number of rotatable bonds is 5. The van der Waals surface area contributed by atoms with Gasteiger partial charge in [0.15, 0.2) is 17.5 Å². The summed E-state index contributed by atoms with van der Waals surface area (Å²) in [6, 6.07) is 12.2. The molecule has 0 aromatic heterocycles. The third-order valence-electron chi connectivity index (χ3n) is 4.30. The van der Waals surface area contributed by atoms with E-state index < -0.39 is 5.82 Å². The Morgan fingerprint density at radius 1 is 1.21 bits per heavy atom. The van der Waals surface area contributed by atoms with Crippen molar-refractivity contribution in [3.63, 3.8) is 0 Å². The highest BCUT2D eigenvalue weighted by atomic mass is 19.1. The van der Waals surface area contributed by atoms with E-state index in [9.17, 15) is 4.39 Å². The summed E-state index contributed by atoms with van der Waals surface area (Å²) in [5.74, 6) is 1.75. The molecule has 28 heavy (non-hydrogen) atoms. The van der Waals surface area contributed by atoms with Crippen molar-refractivity contribution < 1.29 is 13.9 Å². The Kier molecular flexibility index (Phi) is 6.33. The fourth-order valence-electron chi connectivity index (χ4n) is 2.91. The van der Waals surface area contributed by atoms with E-state index in [4.69, 9.17) is 14.7 Å². The lowest BCUT2D eigenvalue weighted by atomic mass is 10.1. The maximum Gasteiger partial charge on any atom is 0.194 e. The van der Waals surface area contributed by atoms with Gasteiger partial charge in [-0.25, -0.2) is 9.38 Å². The van der Waals surface area contributed by atoms with Gasteiger partial charge >= 0.3 is 0 Å². The molecule has 2 aromatic rings. The molecular formula is C21H23FN4O2. The van der Waals surface area contributed by atoms with Gasteiger partial charge < -0.3 is 19.7 Å². The second kappa shape index (κ2) is 9.09. The number of fused-ring (bicyclic) bond motifs is 1. The number of nitrogens with zero attached hydrogens (tertiary/aromatic N) is 3. The van der Waals surface area contributed by atoms with Crippen LogP contribution in [0.1, 0.15) is 23.6 Å². The van der Waals surface area contributed by atoms with Crippen molar-refractivity contribution in [1.29, 1.82) is 5.26 Å². The summed E-state index contributed by atoms with van der Waals surface area (Å²) in [4.78, 5) is 6.50. The zero-order valence-corrected chi connectivity index (χ0v) is 16.0. The third kappa shape index (κ3) is 4.71. The van der Waals surface area contributed by atoms with Crippen molar-refractivity contribution in [3.8, 4) is 17.6 Å². The lowest BCUT2D eigenvalue weighted by Crippen LogP contribution is -2.38. The van der Waals surface area contributed by atoms with Gasteiger partial charge in [-0.1, -0.05) is 12.1 Å². The highest BCUT2D eigenvalue weighted by Crippen LogP contribution is 2.31. The first-order chi connectivity index (χ1) is 13.6. The summed E-state index contributed by atoms with van der Waals surface area (Å²) in [6.07, 6.45) is 0. The number of nitrogens with one attached hydrogen (secondary N) is 1. The topological polar surface area (TPSA) is 69.9 Å². The van der Waals surface area contributed by atoms with Gasteiger partial charge in [0, 0.05) is 25.7 Å². The number of ether oxygens (including phenoxy) is 2. The Hall–Kier alpha value is -3.27. The molecule has 3 rings (SSSR count). The van der Waals surface area contributed by atoms with Crippen LogP contribution in [0.25, 0.3) is 0 Å². The first-order valence-electron chi connectivity index (χ1n) is 9.17. The van der Waals surface area contributed by atoms with E-state index in [0.717, 1.165) is 17.1 Å². The van der Waals surface area contributed by atoms with E-state index in [0.29, 0.717) is 43.4 Å². The molecule has 0 saturated carbocycles. The molecule has 0 bridgehead atoms. The van der Waals surface area contributed by atoms with Crippen LogP contribution in [0.2, 0.25) is 0 Å². The zero-order valence-electron chi connectivity index (χ0n) is 16.0. The van der Waals surface area contributed by atoms with Crippen LogP contribution >= 0.6 is 0 Å². The highest BCUT2D eigenvalue weighted by Gasteiger charge is 2.14. The van der Waals surface area contributed by atoms with Gasteiger partial charge in [0.1, 0.15) is 19.0 Å². The average molecular weight is 382 g/mol. The number of benzene rings is 2. The van der Waals surface area contributed by atoms with Crippen molar-refractivity contribution in [2.24, 2.45) is 4.99 Å². The lowest BCUT2D eigenvalue weighted by molar-refractivity contribution is 0.171. The Balaban J connectivity index is 1.72. The van der Waals surface area contributed by atoms with Crippen LogP contribution in [0, 0.1) is 17.1 Å². The van der Waals surface area contributed by atoms with E-state index in [1.807, 2.05) is 43.1 Å². The van der Waals surface area contributed by atoms with Gasteiger partial charge in [0.2, 0.25) is 0 Å². The molecule has 146 valence electrons. The monoisotopic (exact) mass is 382 g/mol. The molecule has 0 unspecified atom stereocenters. The minimum atomic E-state index is -0.423. The van der Waals surface area contributed by atoms with E-state index in [2.05, 4.69) is 10.3 Å². The summed E-state index contributed by atoms with van der Waals surface area (Å²) < 4.78 is 25.3. The second-order valence-corrected chi connectivity index (χ2v) is 6.42. The third-order valence-corrected chi connectivity index (χ3v) is 4.30. The van der Waals surface area contributed by atoms with Crippen molar-refractivity contribution >= 4 is 5.96 Å². The number of guanidine groups is 1. The number of hydrogen-bond donors (Lipinski definition) is 1. The number of aliphatic imine (C=N–C) groups is 1. The van der Waals surface area contributed by atoms with Crippen molar-refractivity contribution in [1.82, 2.24) is 10.2 Å². The molecule has 0 atom stereocenters. The summed E-state index contributed by atoms with van der Waals surface area (Å²) >= 11 is 0. The summed E-state index contributed by atoms with van der Waals surface area (Å²) in [5, 5.41) is 12.1. The molecule has 1 aliphatic rings. The van der Waals surface area contributed by atoms with E-state index in [1.165, 1.54) is 6.07 Å². The zero-order chi connectivity index (χ0) is 19.9. The van der Waals surface area contributed by atoms with E-state index >= 15 is 0 Å². The molecule has 2 aromatic carbocycles. The smallest absolute Gasteiger partial charge is 0.194 e. The van der Waals surface area contributed by atoms with Crippen LogP contribution in [-0.2, 0) is 13.1 Å². The largest absolute Gasteiger partial charge is 0.486 e. The first-order valence-corrected chi connectivity index (χ1v) is 9.17. The van der Waals surface area contributed by atoms with Crippen LogP contribution in [0.15, 0.2) is 41.4 Å². The molecule has 0 radical (unpaired) electrons. The molecule has 1 N–H and O–H groups in total. The Morgan fingerprint density at radius 3 is 2.71 bits per heavy atom. The average Bonchev–Trinajstić information content (AvgIpc) is 2.71. The van der Waals surface area contributed by atoms with Crippen molar-refractivity contribution in [2.45, 2.75) is 20.0 Å². The molecular weight excluding hydrogens is 359 g/mol. The van der Waals surface area contributed by atoms with Crippen LogP contribution in [0.4, 0.5) is 4.39 Å². The molecule has 0 spiro atoms. The first kappa shape index (κ1) is 19.5. The Morgan fingerprint density at radius 2 is 2.00 bits per heavy atom. The SMILES string of the molecule is CCNC(=NCc1ccc(C#N)cc1F)N(C)Cc1ccc2c(c1)OCCO2. The predicted octanol–water partition coefficient (Wildman–Crippen LogP) is 3.07. The summed E-state index contributed by atoms with van der Waals surface area (Å²) in [7, 11) is 1.92. The van der Waals surface area contributed by atoms with Gasteiger partial charge in [-0.05, 0) is 36.8 Å². The quantitative estimate of drug-likeness (QED) is 0.636. The molecule has 0 saturated heterocycles. The molecule has 0 fully saturated rings. The molecule has 1 heterocycles. The lowest BCUT2D eigenvalue weighted by Gasteiger charge is -2.24. The number of hydrogen-bond acceptors (Lipinski definition) is 4. The van der Waals surface area contributed by atoms with Gasteiger partial charge in [-0.2, -0.15) is 5.26 Å². The van der Waals surface area contributed by atoms with Crippen molar-refractivity contribution in [2.75, 3.05) is 26.8 Å². The van der Waals surface area contributed by atoms with Crippen LogP contribution in [-0.4, -0.2) is 37.7 Å². The molecule has 0 amide bonds. The summed E-state index contributed by atoms with van der Waals surface area (Å²) in [5.41, 5.74) is 1.80. The number of nitriles is 1. The van der Waals surface area contributed by atoms with Gasteiger partial charge in [-0.3, -0.25) is 0 Å². The molecule has 6 nitrogen and oxygen atoms in total. The Bertz CT molecular complexity index is 908. The highest BCUT2D eigenvalue weighted by molar-refractivity contribution is 5.79. The fourth-order valence-corrected chi connectivity index (χ4v) is 2.91. The van der Waals surface area contributed by atoms with Gasteiger partial charge in [0.25, 0.3) is 0 Å². The number of halogens is 1. The minimum Gasteiger partial charge on any atom is -0.486 e.